The average molecular weight is 212 g/mol. The summed E-state index contributed by atoms with van der Waals surface area (Å²) in [5.41, 5.74) is 0.400. The largest absolute Gasteiger partial charge is 0.317 e. The van der Waals surface area contributed by atoms with Crippen molar-refractivity contribution in [1.29, 1.82) is 0 Å². The zero-order valence-corrected chi connectivity index (χ0v) is 11.0. The minimum absolute atomic E-state index is 0.400. The first-order chi connectivity index (χ1) is 7.10. The fourth-order valence-corrected chi connectivity index (χ4v) is 2.76. The second-order valence-electron chi connectivity index (χ2n) is 5.47. The molecule has 1 saturated heterocycles. The SMILES string of the molecule is CCCC(C)(C)N1CCCC(NC)CC1. The van der Waals surface area contributed by atoms with E-state index in [1.165, 1.54) is 45.2 Å². The molecule has 0 radical (unpaired) electrons. The monoisotopic (exact) mass is 212 g/mol. The van der Waals surface area contributed by atoms with Crippen molar-refractivity contribution >= 4 is 0 Å². The number of likely N-dealkylation sites (tertiary alicyclic amines) is 1. The lowest BCUT2D eigenvalue weighted by Gasteiger charge is -2.38. The van der Waals surface area contributed by atoms with Gasteiger partial charge in [0.2, 0.25) is 0 Å². The molecule has 0 amide bonds. The van der Waals surface area contributed by atoms with Gasteiger partial charge in [0.15, 0.2) is 0 Å². The molecular formula is C13H28N2. The summed E-state index contributed by atoms with van der Waals surface area (Å²) < 4.78 is 0. The molecule has 1 heterocycles. The van der Waals surface area contributed by atoms with Gasteiger partial charge < -0.3 is 5.32 Å². The van der Waals surface area contributed by atoms with Crippen molar-refractivity contribution < 1.29 is 0 Å². The Morgan fingerprint density at radius 2 is 2.00 bits per heavy atom. The van der Waals surface area contributed by atoms with Crippen molar-refractivity contribution in [1.82, 2.24) is 10.2 Å². The molecule has 0 aromatic heterocycles. The summed E-state index contributed by atoms with van der Waals surface area (Å²) in [4.78, 5) is 2.69. The van der Waals surface area contributed by atoms with Gasteiger partial charge >= 0.3 is 0 Å². The van der Waals surface area contributed by atoms with Gasteiger partial charge in [0.25, 0.3) is 0 Å². The summed E-state index contributed by atoms with van der Waals surface area (Å²) in [5.74, 6) is 0. The van der Waals surface area contributed by atoms with Gasteiger partial charge in [-0.15, -0.1) is 0 Å². The van der Waals surface area contributed by atoms with E-state index in [0.29, 0.717) is 5.54 Å². The molecule has 0 aromatic carbocycles. The highest BCUT2D eigenvalue weighted by Gasteiger charge is 2.27. The smallest absolute Gasteiger partial charge is 0.0153 e. The van der Waals surface area contributed by atoms with Crippen LogP contribution in [-0.4, -0.2) is 36.6 Å². The Hall–Kier alpha value is -0.0800. The van der Waals surface area contributed by atoms with Gasteiger partial charge in [-0.25, -0.2) is 0 Å². The molecule has 0 saturated carbocycles. The van der Waals surface area contributed by atoms with Gasteiger partial charge in [-0.2, -0.15) is 0 Å². The summed E-state index contributed by atoms with van der Waals surface area (Å²) in [6.07, 6.45) is 6.60. The van der Waals surface area contributed by atoms with Crippen molar-refractivity contribution in [2.45, 2.75) is 64.5 Å². The fraction of sp³-hybridized carbons (Fsp3) is 1.00. The molecule has 90 valence electrons. The first-order valence-corrected chi connectivity index (χ1v) is 6.52. The van der Waals surface area contributed by atoms with Crippen LogP contribution in [0.2, 0.25) is 0 Å². The highest BCUT2D eigenvalue weighted by molar-refractivity contribution is 4.84. The Labute approximate surface area is 95.4 Å². The Morgan fingerprint density at radius 3 is 2.60 bits per heavy atom. The van der Waals surface area contributed by atoms with E-state index in [1.54, 1.807) is 0 Å². The van der Waals surface area contributed by atoms with Gasteiger partial charge in [-0.05, 0) is 53.1 Å². The van der Waals surface area contributed by atoms with Crippen LogP contribution < -0.4 is 5.32 Å². The maximum Gasteiger partial charge on any atom is 0.0153 e. The van der Waals surface area contributed by atoms with Gasteiger partial charge in [0.05, 0.1) is 0 Å². The molecule has 0 aliphatic carbocycles. The van der Waals surface area contributed by atoms with Gasteiger partial charge in [-0.3, -0.25) is 4.90 Å². The Kier molecular flexibility index (Phi) is 5.07. The molecule has 0 spiro atoms. The molecular weight excluding hydrogens is 184 g/mol. The van der Waals surface area contributed by atoms with Crippen LogP contribution in [0.1, 0.15) is 52.9 Å². The molecule has 1 atom stereocenters. The number of nitrogens with one attached hydrogen (secondary N) is 1. The van der Waals surface area contributed by atoms with E-state index in [9.17, 15) is 0 Å². The average Bonchev–Trinajstić information content (AvgIpc) is 2.42. The number of rotatable bonds is 4. The molecule has 2 heteroatoms. The highest BCUT2D eigenvalue weighted by Crippen LogP contribution is 2.24. The highest BCUT2D eigenvalue weighted by atomic mass is 15.2. The van der Waals surface area contributed by atoms with Crippen LogP contribution in [0, 0.1) is 0 Å². The van der Waals surface area contributed by atoms with Crippen LogP contribution in [-0.2, 0) is 0 Å². The van der Waals surface area contributed by atoms with Gasteiger partial charge in [-0.1, -0.05) is 13.3 Å². The molecule has 0 bridgehead atoms. The molecule has 1 rings (SSSR count). The first kappa shape index (κ1) is 13.0. The zero-order valence-electron chi connectivity index (χ0n) is 11.0. The Balaban J connectivity index is 2.49. The second kappa shape index (κ2) is 5.86. The van der Waals surface area contributed by atoms with E-state index in [1.807, 2.05) is 0 Å². The van der Waals surface area contributed by atoms with Gasteiger partial charge in [0.1, 0.15) is 0 Å². The van der Waals surface area contributed by atoms with E-state index >= 15 is 0 Å². The van der Waals surface area contributed by atoms with Crippen molar-refractivity contribution in [2.24, 2.45) is 0 Å². The van der Waals surface area contributed by atoms with Crippen LogP contribution in [0.5, 0.6) is 0 Å². The maximum atomic E-state index is 3.42. The third-order valence-electron chi connectivity index (χ3n) is 3.85. The molecule has 1 N–H and O–H groups in total. The van der Waals surface area contributed by atoms with E-state index in [0.717, 1.165) is 6.04 Å². The lowest BCUT2D eigenvalue weighted by molar-refractivity contribution is 0.114. The van der Waals surface area contributed by atoms with Gasteiger partial charge in [0, 0.05) is 18.1 Å². The lowest BCUT2D eigenvalue weighted by Crippen LogP contribution is -2.44. The summed E-state index contributed by atoms with van der Waals surface area (Å²) >= 11 is 0. The zero-order chi connectivity index (χ0) is 11.3. The number of hydrogen-bond donors (Lipinski definition) is 1. The molecule has 2 nitrogen and oxygen atoms in total. The van der Waals surface area contributed by atoms with Crippen molar-refractivity contribution in [3.8, 4) is 0 Å². The second-order valence-corrected chi connectivity index (χ2v) is 5.47. The van der Waals surface area contributed by atoms with Crippen molar-refractivity contribution in [3.05, 3.63) is 0 Å². The van der Waals surface area contributed by atoms with Crippen LogP contribution in [0.3, 0.4) is 0 Å². The molecule has 0 aromatic rings. The molecule has 1 aliphatic heterocycles. The predicted octanol–water partition coefficient (Wildman–Crippen LogP) is 2.64. The standard InChI is InChI=1S/C13H28N2/c1-5-9-13(2,3)15-10-6-7-12(14-4)8-11-15/h12,14H,5-11H2,1-4H3. The summed E-state index contributed by atoms with van der Waals surface area (Å²) in [7, 11) is 2.09. The fourth-order valence-electron chi connectivity index (χ4n) is 2.76. The number of hydrogen-bond acceptors (Lipinski definition) is 2. The van der Waals surface area contributed by atoms with E-state index in [-0.39, 0.29) is 0 Å². The number of nitrogens with zero attached hydrogens (tertiary/aromatic N) is 1. The third kappa shape index (κ3) is 3.76. The third-order valence-corrected chi connectivity index (χ3v) is 3.85. The summed E-state index contributed by atoms with van der Waals surface area (Å²) in [5, 5.41) is 3.42. The topological polar surface area (TPSA) is 15.3 Å². The van der Waals surface area contributed by atoms with E-state index in [2.05, 4.69) is 38.0 Å². The quantitative estimate of drug-likeness (QED) is 0.770. The molecule has 1 fully saturated rings. The van der Waals surface area contributed by atoms with Crippen LogP contribution in [0.4, 0.5) is 0 Å². The maximum absolute atomic E-state index is 3.42. The Morgan fingerprint density at radius 1 is 1.27 bits per heavy atom. The molecule has 15 heavy (non-hydrogen) atoms. The van der Waals surface area contributed by atoms with Crippen LogP contribution in [0.15, 0.2) is 0 Å². The predicted molar refractivity (Wildman–Crippen MR) is 67.3 cm³/mol. The first-order valence-electron chi connectivity index (χ1n) is 6.52. The van der Waals surface area contributed by atoms with E-state index < -0.39 is 0 Å². The molecule has 1 aliphatic rings. The van der Waals surface area contributed by atoms with Crippen molar-refractivity contribution in [3.63, 3.8) is 0 Å². The van der Waals surface area contributed by atoms with Crippen LogP contribution in [0.25, 0.3) is 0 Å². The minimum atomic E-state index is 0.400. The normalized spacial score (nSPS) is 25.2. The minimum Gasteiger partial charge on any atom is -0.317 e. The summed E-state index contributed by atoms with van der Waals surface area (Å²) in [6.45, 7) is 9.63. The van der Waals surface area contributed by atoms with Crippen molar-refractivity contribution in [2.75, 3.05) is 20.1 Å². The lowest BCUT2D eigenvalue weighted by atomic mass is 9.96. The Bertz CT molecular complexity index is 177. The van der Waals surface area contributed by atoms with E-state index in [4.69, 9.17) is 0 Å². The van der Waals surface area contributed by atoms with Crippen LogP contribution >= 0.6 is 0 Å². The summed E-state index contributed by atoms with van der Waals surface area (Å²) in [6, 6.07) is 0.743. The molecule has 1 unspecified atom stereocenters.